The number of aromatic nitrogens is 1. The molecule has 2 heterocycles. The van der Waals surface area contributed by atoms with Crippen LogP contribution in [0.5, 0.6) is 5.88 Å². The minimum atomic E-state index is -0.473. The molecule has 1 aromatic heterocycles. The van der Waals surface area contributed by atoms with Crippen molar-refractivity contribution < 1.29 is 14.3 Å². The highest BCUT2D eigenvalue weighted by Gasteiger charge is 2.28. The number of benzene rings is 2. The number of methoxy groups -OCH3 is 1. The van der Waals surface area contributed by atoms with Gasteiger partial charge in [-0.3, -0.25) is 9.59 Å². The summed E-state index contributed by atoms with van der Waals surface area (Å²) in [5, 5.41) is 3.49. The average Bonchev–Trinajstić information content (AvgIpc) is 2.80. The lowest BCUT2D eigenvalue weighted by Gasteiger charge is -2.18. The highest BCUT2D eigenvalue weighted by Crippen LogP contribution is 2.29. The van der Waals surface area contributed by atoms with Gasteiger partial charge in [-0.25, -0.2) is 4.98 Å². The molecule has 3 aromatic rings. The van der Waals surface area contributed by atoms with Gasteiger partial charge in [0, 0.05) is 29.8 Å². The Hall–Kier alpha value is -3.59. The van der Waals surface area contributed by atoms with Gasteiger partial charge < -0.3 is 10.1 Å². The normalized spacial score (nSPS) is 13.8. The molecule has 1 aliphatic heterocycles. The highest BCUT2D eigenvalue weighted by molar-refractivity contribution is 6.42. The molecule has 0 fully saturated rings. The van der Waals surface area contributed by atoms with E-state index in [4.69, 9.17) is 27.9 Å². The van der Waals surface area contributed by atoms with Gasteiger partial charge >= 0.3 is 0 Å². The molecule has 0 spiro atoms. The largest absolute Gasteiger partial charge is 0.481 e. The van der Waals surface area contributed by atoms with Crippen LogP contribution in [0, 0.1) is 11.8 Å². The molecular formula is C25H16Cl2N2O3. The second-order valence-corrected chi connectivity index (χ2v) is 7.78. The number of carbonyl (C=O) groups is 2. The van der Waals surface area contributed by atoms with Crippen LogP contribution in [0.4, 0.5) is 5.69 Å². The number of fused-ring (bicyclic) bond motifs is 1. The van der Waals surface area contributed by atoms with Crippen molar-refractivity contribution in [2.45, 2.75) is 6.42 Å². The molecule has 0 saturated heterocycles. The third-order valence-corrected chi connectivity index (χ3v) is 5.53. The van der Waals surface area contributed by atoms with Crippen molar-refractivity contribution >= 4 is 46.7 Å². The molecule has 2 aromatic carbocycles. The standard InChI is InChI=1S/C25H16Cl2N2O3/c1-32-23-10-7-16(14-28-23)4-2-3-15-6-9-22-18(11-15)24(30)19(25(31)29-22)12-17-5-8-20(26)21(27)13-17/h5-14H,4H2,1H3,(H,29,31)/b19-12-. The van der Waals surface area contributed by atoms with Gasteiger partial charge in [-0.15, -0.1) is 0 Å². The minimum absolute atomic E-state index is 0.0188. The first-order valence-corrected chi connectivity index (χ1v) is 10.3. The van der Waals surface area contributed by atoms with Crippen LogP contribution in [-0.4, -0.2) is 23.8 Å². The van der Waals surface area contributed by atoms with Crippen molar-refractivity contribution in [3.05, 3.63) is 92.6 Å². The molecule has 0 aliphatic carbocycles. The third-order valence-electron chi connectivity index (χ3n) is 4.79. The number of rotatable bonds is 3. The summed E-state index contributed by atoms with van der Waals surface area (Å²) in [6.07, 6.45) is 3.71. The van der Waals surface area contributed by atoms with Crippen LogP contribution in [0.2, 0.25) is 10.0 Å². The monoisotopic (exact) mass is 462 g/mol. The fraction of sp³-hybridized carbons (Fsp3) is 0.0800. The lowest BCUT2D eigenvalue weighted by molar-refractivity contribution is -0.112. The Morgan fingerprint density at radius 1 is 1.06 bits per heavy atom. The number of carbonyl (C=O) groups excluding carboxylic acids is 2. The Labute approximate surface area is 195 Å². The van der Waals surface area contributed by atoms with E-state index in [-0.39, 0.29) is 11.4 Å². The second kappa shape index (κ2) is 9.27. The molecule has 4 rings (SSSR count). The summed E-state index contributed by atoms with van der Waals surface area (Å²) in [7, 11) is 1.56. The van der Waals surface area contributed by atoms with Crippen molar-refractivity contribution in [1.29, 1.82) is 0 Å². The number of ether oxygens (including phenoxy) is 1. The number of amides is 1. The number of nitrogens with one attached hydrogen (secondary N) is 1. The molecular weight excluding hydrogens is 447 g/mol. The van der Waals surface area contributed by atoms with Crippen LogP contribution in [-0.2, 0) is 11.2 Å². The predicted octanol–water partition coefficient (Wildman–Crippen LogP) is 5.21. The summed E-state index contributed by atoms with van der Waals surface area (Å²) in [4.78, 5) is 29.7. The Balaban J connectivity index is 1.58. The molecule has 0 bridgehead atoms. The number of hydrogen-bond donors (Lipinski definition) is 1. The van der Waals surface area contributed by atoms with E-state index in [1.54, 1.807) is 55.8 Å². The first-order chi connectivity index (χ1) is 15.4. The zero-order valence-corrected chi connectivity index (χ0v) is 18.4. The molecule has 0 saturated carbocycles. The van der Waals surface area contributed by atoms with Crippen molar-refractivity contribution in [2.24, 2.45) is 0 Å². The van der Waals surface area contributed by atoms with Gasteiger partial charge in [0.2, 0.25) is 11.7 Å². The van der Waals surface area contributed by atoms with E-state index in [1.165, 1.54) is 6.08 Å². The van der Waals surface area contributed by atoms with Crippen molar-refractivity contribution in [3.8, 4) is 17.7 Å². The number of anilines is 1. The second-order valence-electron chi connectivity index (χ2n) is 6.96. The summed E-state index contributed by atoms with van der Waals surface area (Å²) in [5.41, 5.74) is 3.08. The molecule has 5 nitrogen and oxygen atoms in total. The number of hydrogen-bond acceptors (Lipinski definition) is 4. The van der Waals surface area contributed by atoms with E-state index in [0.717, 1.165) is 5.56 Å². The van der Waals surface area contributed by atoms with Crippen LogP contribution >= 0.6 is 23.2 Å². The molecule has 1 aliphatic rings. The maximum absolute atomic E-state index is 13.0. The van der Waals surface area contributed by atoms with E-state index in [9.17, 15) is 9.59 Å². The minimum Gasteiger partial charge on any atom is -0.481 e. The number of pyridine rings is 1. The van der Waals surface area contributed by atoms with E-state index in [0.29, 0.717) is 44.7 Å². The van der Waals surface area contributed by atoms with Crippen LogP contribution < -0.4 is 10.1 Å². The van der Waals surface area contributed by atoms with Gasteiger partial charge in [0.25, 0.3) is 5.91 Å². The molecule has 0 atom stereocenters. The summed E-state index contributed by atoms with van der Waals surface area (Å²) < 4.78 is 5.04. The van der Waals surface area contributed by atoms with Gasteiger partial charge in [-0.1, -0.05) is 47.2 Å². The Kier molecular flexibility index (Phi) is 6.27. The van der Waals surface area contributed by atoms with Crippen LogP contribution in [0.3, 0.4) is 0 Å². The summed E-state index contributed by atoms with van der Waals surface area (Å²) in [5.74, 6) is 5.83. The first-order valence-electron chi connectivity index (χ1n) is 9.59. The van der Waals surface area contributed by atoms with Crippen molar-refractivity contribution in [3.63, 3.8) is 0 Å². The van der Waals surface area contributed by atoms with Gasteiger partial charge in [-0.05, 0) is 47.5 Å². The lowest BCUT2D eigenvalue weighted by atomic mass is 9.94. The first kappa shape index (κ1) is 21.6. The van der Waals surface area contributed by atoms with Crippen LogP contribution in [0.1, 0.15) is 27.0 Å². The zero-order valence-electron chi connectivity index (χ0n) is 16.9. The molecule has 7 heteroatoms. The average molecular weight is 463 g/mol. The van der Waals surface area contributed by atoms with Gasteiger partial charge in [0.1, 0.15) is 0 Å². The van der Waals surface area contributed by atoms with Gasteiger partial charge in [-0.2, -0.15) is 0 Å². The molecule has 0 unspecified atom stereocenters. The van der Waals surface area contributed by atoms with E-state index in [2.05, 4.69) is 22.1 Å². The molecule has 1 N–H and O–H groups in total. The number of nitrogens with zero attached hydrogens (tertiary/aromatic N) is 1. The van der Waals surface area contributed by atoms with Crippen LogP contribution in [0.25, 0.3) is 6.08 Å². The maximum Gasteiger partial charge on any atom is 0.259 e. The summed E-state index contributed by atoms with van der Waals surface area (Å²) in [6, 6.07) is 13.7. The third kappa shape index (κ3) is 4.67. The number of halogens is 2. The summed E-state index contributed by atoms with van der Waals surface area (Å²) in [6.45, 7) is 0. The zero-order chi connectivity index (χ0) is 22.7. The Morgan fingerprint density at radius 3 is 2.62 bits per heavy atom. The number of Topliss-reactive ketones (excluding diaryl/α,β-unsaturated/α-hetero) is 1. The van der Waals surface area contributed by atoms with E-state index >= 15 is 0 Å². The van der Waals surface area contributed by atoms with Crippen molar-refractivity contribution in [1.82, 2.24) is 4.98 Å². The molecule has 32 heavy (non-hydrogen) atoms. The Morgan fingerprint density at radius 2 is 1.91 bits per heavy atom. The predicted molar refractivity (Wildman–Crippen MR) is 125 cm³/mol. The van der Waals surface area contributed by atoms with Gasteiger partial charge in [0.15, 0.2) is 0 Å². The maximum atomic E-state index is 13.0. The fourth-order valence-corrected chi connectivity index (χ4v) is 3.45. The van der Waals surface area contributed by atoms with Crippen LogP contribution in [0.15, 0.2) is 60.3 Å². The fourth-order valence-electron chi connectivity index (χ4n) is 3.14. The Bertz CT molecular complexity index is 1320. The summed E-state index contributed by atoms with van der Waals surface area (Å²) >= 11 is 12.0. The lowest BCUT2D eigenvalue weighted by Crippen LogP contribution is -2.27. The van der Waals surface area contributed by atoms with E-state index < -0.39 is 5.91 Å². The topological polar surface area (TPSA) is 68.3 Å². The smallest absolute Gasteiger partial charge is 0.259 e. The molecule has 158 valence electrons. The SMILES string of the molecule is COc1ccc(CC#Cc2ccc3c(c2)C(=O)/C(=C/c2ccc(Cl)c(Cl)c2)C(=O)N3)cn1. The highest BCUT2D eigenvalue weighted by atomic mass is 35.5. The van der Waals surface area contributed by atoms with Gasteiger partial charge in [0.05, 0.1) is 28.4 Å². The van der Waals surface area contributed by atoms with E-state index in [1.807, 2.05) is 6.07 Å². The number of ketones is 1. The molecule has 0 radical (unpaired) electrons. The van der Waals surface area contributed by atoms with Crippen molar-refractivity contribution in [2.75, 3.05) is 12.4 Å². The quantitative estimate of drug-likeness (QED) is 0.329. The molecule has 1 amide bonds.